The molecule has 2 N–H and O–H groups in total. The fourth-order valence-electron chi connectivity index (χ4n) is 3.72. The quantitative estimate of drug-likeness (QED) is 0.617. The number of ether oxygens (including phenoxy) is 1. The summed E-state index contributed by atoms with van der Waals surface area (Å²) >= 11 is 0. The second kappa shape index (κ2) is 11.9. The summed E-state index contributed by atoms with van der Waals surface area (Å²) in [7, 11) is 1.63. The van der Waals surface area contributed by atoms with Gasteiger partial charge in [-0.1, -0.05) is 32.6 Å². The number of carbonyl (C=O) groups is 2. The second-order valence-corrected chi connectivity index (χ2v) is 9.44. The molecule has 8 nitrogen and oxygen atoms in total. The highest BCUT2D eigenvalue weighted by atomic mass is 19.1. The van der Waals surface area contributed by atoms with Crippen molar-refractivity contribution in [1.29, 1.82) is 0 Å². The third kappa shape index (κ3) is 6.73. The number of urea groups is 1. The number of nitrogens with zero attached hydrogens (tertiary/aromatic N) is 3. The third-order valence-electron chi connectivity index (χ3n) is 5.92. The Labute approximate surface area is 211 Å². The largest absolute Gasteiger partial charge is 0.472 e. The van der Waals surface area contributed by atoms with Gasteiger partial charge in [-0.2, -0.15) is 0 Å². The standard InChI is InChI=1S/C27H33FN4O4/c1-17(2)6-7-20-12-23-25(29-13-20)36-24(18(3)14-32(26(23)34)19(4)16-33)15-31(5)27(35)30-22-10-8-21(28)9-11-22/h8-13,17-19,24,33H,14-16H2,1-5H3,(H,30,35)/t18-,19-,24-/m0/s1. The molecular formula is C27H33FN4O4. The molecule has 3 amide bonds. The van der Waals surface area contributed by atoms with Crippen LogP contribution in [-0.4, -0.2) is 70.7 Å². The lowest BCUT2D eigenvalue weighted by Gasteiger charge is -2.37. The van der Waals surface area contributed by atoms with Crippen LogP contribution in [0, 0.1) is 29.5 Å². The second-order valence-electron chi connectivity index (χ2n) is 9.44. The van der Waals surface area contributed by atoms with Crippen LogP contribution in [0.15, 0.2) is 36.5 Å². The van der Waals surface area contributed by atoms with Crippen molar-refractivity contribution in [3.8, 4) is 17.7 Å². The molecule has 1 aliphatic rings. The number of fused-ring (bicyclic) bond motifs is 1. The number of nitrogens with one attached hydrogen (secondary N) is 1. The predicted octanol–water partition coefficient (Wildman–Crippen LogP) is 3.61. The molecule has 0 bridgehead atoms. The van der Waals surface area contributed by atoms with Crippen molar-refractivity contribution in [3.05, 3.63) is 53.5 Å². The van der Waals surface area contributed by atoms with Gasteiger partial charge in [0.1, 0.15) is 17.5 Å². The van der Waals surface area contributed by atoms with E-state index in [4.69, 9.17) is 4.74 Å². The van der Waals surface area contributed by atoms with Crippen molar-refractivity contribution in [2.75, 3.05) is 32.1 Å². The van der Waals surface area contributed by atoms with Crippen molar-refractivity contribution in [3.63, 3.8) is 0 Å². The first-order valence-electron chi connectivity index (χ1n) is 12.0. The van der Waals surface area contributed by atoms with Gasteiger partial charge in [0.25, 0.3) is 5.91 Å². The molecule has 3 atom stereocenters. The number of aliphatic hydroxyl groups excluding tert-OH is 1. The number of anilines is 1. The van der Waals surface area contributed by atoms with Gasteiger partial charge < -0.3 is 25.0 Å². The Morgan fingerprint density at radius 1 is 1.33 bits per heavy atom. The number of likely N-dealkylation sites (N-methyl/N-ethyl adjacent to an activating group) is 1. The van der Waals surface area contributed by atoms with E-state index in [1.54, 1.807) is 31.1 Å². The number of carbonyl (C=O) groups excluding carboxylic acids is 2. The van der Waals surface area contributed by atoms with Gasteiger partial charge in [-0.3, -0.25) is 4.79 Å². The molecule has 0 unspecified atom stereocenters. The van der Waals surface area contributed by atoms with Gasteiger partial charge in [-0.25, -0.2) is 14.2 Å². The number of amides is 3. The molecule has 1 aromatic carbocycles. The molecular weight excluding hydrogens is 463 g/mol. The van der Waals surface area contributed by atoms with Crippen LogP contribution in [0.2, 0.25) is 0 Å². The SMILES string of the molecule is CC(C)C#Cc1cnc2c(c1)C(=O)N([C@@H](C)CO)C[C@H](C)[C@H](CN(C)C(=O)Nc1ccc(F)cc1)O2. The molecule has 1 aliphatic heterocycles. The maximum atomic E-state index is 13.4. The van der Waals surface area contributed by atoms with Crippen molar-refractivity contribution in [1.82, 2.24) is 14.8 Å². The van der Waals surface area contributed by atoms with E-state index in [2.05, 4.69) is 22.1 Å². The number of aliphatic hydroxyl groups is 1. The summed E-state index contributed by atoms with van der Waals surface area (Å²) in [6.07, 6.45) is 1.07. The predicted molar refractivity (Wildman–Crippen MR) is 135 cm³/mol. The van der Waals surface area contributed by atoms with E-state index >= 15 is 0 Å². The Morgan fingerprint density at radius 2 is 2.03 bits per heavy atom. The van der Waals surface area contributed by atoms with Crippen molar-refractivity contribution in [2.45, 2.75) is 39.8 Å². The van der Waals surface area contributed by atoms with Gasteiger partial charge in [-0.05, 0) is 37.3 Å². The monoisotopic (exact) mass is 496 g/mol. The van der Waals surface area contributed by atoms with Gasteiger partial charge in [0.2, 0.25) is 5.88 Å². The molecule has 3 rings (SSSR count). The molecule has 0 fully saturated rings. The van der Waals surface area contributed by atoms with Gasteiger partial charge >= 0.3 is 6.03 Å². The number of benzene rings is 1. The zero-order valence-corrected chi connectivity index (χ0v) is 21.3. The molecule has 0 radical (unpaired) electrons. The highest BCUT2D eigenvalue weighted by molar-refractivity contribution is 5.97. The first-order chi connectivity index (χ1) is 17.1. The summed E-state index contributed by atoms with van der Waals surface area (Å²) < 4.78 is 19.4. The number of aromatic nitrogens is 1. The Bertz CT molecular complexity index is 1140. The summed E-state index contributed by atoms with van der Waals surface area (Å²) in [4.78, 5) is 33.7. The van der Waals surface area contributed by atoms with E-state index in [9.17, 15) is 19.1 Å². The lowest BCUT2D eigenvalue weighted by atomic mass is 10.00. The molecule has 2 heterocycles. The first-order valence-corrected chi connectivity index (χ1v) is 12.0. The molecule has 0 saturated heterocycles. The molecule has 9 heteroatoms. The number of pyridine rings is 1. The van der Waals surface area contributed by atoms with Crippen LogP contribution in [-0.2, 0) is 0 Å². The molecule has 2 aromatic rings. The normalized spacial score (nSPS) is 18.2. The van der Waals surface area contributed by atoms with E-state index in [1.807, 2.05) is 20.8 Å². The molecule has 0 saturated carbocycles. The van der Waals surface area contributed by atoms with E-state index in [1.165, 1.54) is 29.2 Å². The third-order valence-corrected chi connectivity index (χ3v) is 5.92. The highest BCUT2D eigenvalue weighted by Gasteiger charge is 2.34. The lowest BCUT2D eigenvalue weighted by molar-refractivity contribution is 0.0356. The average Bonchev–Trinajstić information content (AvgIpc) is 2.85. The van der Waals surface area contributed by atoms with Crippen molar-refractivity contribution < 1.29 is 23.8 Å². The summed E-state index contributed by atoms with van der Waals surface area (Å²) in [5, 5.41) is 12.5. The van der Waals surface area contributed by atoms with E-state index in [0.29, 0.717) is 17.8 Å². The van der Waals surface area contributed by atoms with Crippen molar-refractivity contribution >= 4 is 17.6 Å². The van der Waals surface area contributed by atoms with Crippen molar-refractivity contribution in [2.24, 2.45) is 11.8 Å². The molecule has 0 spiro atoms. The van der Waals surface area contributed by atoms with Crippen LogP contribution >= 0.6 is 0 Å². The summed E-state index contributed by atoms with van der Waals surface area (Å²) in [5.74, 6) is 5.55. The highest BCUT2D eigenvalue weighted by Crippen LogP contribution is 2.27. The average molecular weight is 497 g/mol. The molecule has 1 aromatic heterocycles. The van der Waals surface area contributed by atoms with E-state index in [-0.39, 0.29) is 54.2 Å². The first kappa shape index (κ1) is 27.0. The Morgan fingerprint density at radius 3 is 2.67 bits per heavy atom. The number of rotatable bonds is 5. The summed E-state index contributed by atoms with van der Waals surface area (Å²) in [6, 6.07) is 6.36. The fraction of sp³-hybridized carbons (Fsp3) is 0.444. The van der Waals surface area contributed by atoms with Gasteiger partial charge in [0.15, 0.2) is 0 Å². The van der Waals surface area contributed by atoms with E-state index < -0.39 is 12.1 Å². The van der Waals surface area contributed by atoms with Gasteiger partial charge in [0, 0.05) is 42.9 Å². The van der Waals surface area contributed by atoms with Crippen LogP contribution in [0.5, 0.6) is 5.88 Å². The number of halogens is 1. The topological polar surface area (TPSA) is 95.0 Å². The minimum Gasteiger partial charge on any atom is -0.472 e. The van der Waals surface area contributed by atoms with Gasteiger partial charge in [0.05, 0.1) is 19.2 Å². The van der Waals surface area contributed by atoms with Gasteiger partial charge in [-0.15, -0.1) is 0 Å². The Hall–Kier alpha value is -3.64. The van der Waals surface area contributed by atoms with Crippen LogP contribution in [0.4, 0.5) is 14.9 Å². The summed E-state index contributed by atoms with van der Waals surface area (Å²) in [6.45, 7) is 7.98. The zero-order valence-electron chi connectivity index (χ0n) is 21.3. The Balaban J connectivity index is 1.87. The smallest absolute Gasteiger partial charge is 0.321 e. The van der Waals surface area contributed by atoms with Crippen LogP contribution in [0.1, 0.15) is 43.6 Å². The van der Waals surface area contributed by atoms with Crippen LogP contribution < -0.4 is 10.1 Å². The minimum atomic E-state index is -0.491. The minimum absolute atomic E-state index is 0.159. The zero-order chi connectivity index (χ0) is 26.4. The molecule has 0 aliphatic carbocycles. The van der Waals surface area contributed by atoms with Crippen LogP contribution in [0.3, 0.4) is 0 Å². The number of hydrogen-bond acceptors (Lipinski definition) is 5. The van der Waals surface area contributed by atoms with E-state index in [0.717, 1.165) is 0 Å². The lowest BCUT2D eigenvalue weighted by Crippen LogP contribution is -2.50. The Kier molecular flexibility index (Phi) is 8.88. The molecule has 36 heavy (non-hydrogen) atoms. The maximum absolute atomic E-state index is 13.4. The maximum Gasteiger partial charge on any atom is 0.321 e. The summed E-state index contributed by atoms with van der Waals surface area (Å²) in [5.41, 5.74) is 1.33. The molecule has 192 valence electrons. The fourth-order valence-corrected chi connectivity index (χ4v) is 3.72. The van der Waals surface area contributed by atoms with Crippen LogP contribution in [0.25, 0.3) is 0 Å². The number of hydrogen-bond donors (Lipinski definition) is 2.